The lowest BCUT2D eigenvalue weighted by atomic mass is 9.87. The number of carboxylic acids is 1. The third kappa shape index (κ3) is 2.49. The molecule has 0 aromatic carbocycles. The quantitative estimate of drug-likeness (QED) is 0.559. The maximum Gasteiger partial charge on any atom is 0.332 e. The molecule has 1 aliphatic rings. The van der Waals surface area contributed by atoms with E-state index in [9.17, 15) is 9.90 Å². The third-order valence-corrected chi connectivity index (χ3v) is 3.27. The molecule has 0 aromatic rings. The van der Waals surface area contributed by atoms with Crippen molar-refractivity contribution >= 4 is 5.97 Å². The fourth-order valence-corrected chi connectivity index (χ4v) is 1.42. The Hall–Kier alpha value is -1.78. The van der Waals surface area contributed by atoms with E-state index in [-0.39, 0.29) is 5.57 Å². The highest BCUT2D eigenvalue weighted by Gasteiger charge is 2.56. The van der Waals surface area contributed by atoms with Gasteiger partial charge in [-0.05, 0) is 33.6 Å². The monoisotopic (exact) mass is 233 g/mol. The summed E-state index contributed by atoms with van der Waals surface area (Å²) >= 11 is 0. The number of nitriles is 1. The van der Waals surface area contributed by atoms with Gasteiger partial charge in [-0.15, -0.1) is 0 Å². The maximum absolute atomic E-state index is 10.7. The van der Waals surface area contributed by atoms with E-state index in [1.54, 1.807) is 6.92 Å². The maximum atomic E-state index is 10.7. The predicted octanol–water partition coefficient (Wildman–Crippen LogP) is 1.47. The molecular formula is C13H15NO3. The van der Waals surface area contributed by atoms with Gasteiger partial charge in [-0.3, -0.25) is 0 Å². The Labute approximate surface area is 101 Å². The molecule has 0 aliphatic heterocycles. The van der Waals surface area contributed by atoms with Crippen LogP contribution in [0.1, 0.15) is 33.6 Å². The zero-order valence-corrected chi connectivity index (χ0v) is 10.2. The van der Waals surface area contributed by atoms with Gasteiger partial charge in [0.25, 0.3) is 0 Å². The first-order valence-electron chi connectivity index (χ1n) is 5.33. The second-order valence-corrected chi connectivity index (χ2v) is 4.57. The Kier molecular flexibility index (Phi) is 3.31. The first kappa shape index (κ1) is 13.3. The summed E-state index contributed by atoms with van der Waals surface area (Å²) in [5.41, 5.74) is -1.62. The van der Waals surface area contributed by atoms with Crippen molar-refractivity contribution in [3.63, 3.8) is 0 Å². The smallest absolute Gasteiger partial charge is 0.332 e. The minimum Gasteiger partial charge on any atom is -0.478 e. The average Bonchev–Trinajstić information content (AvgIpc) is 3.05. The molecule has 0 saturated heterocycles. The number of nitrogens with zero attached hydrogens (tertiary/aromatic N) is 1. The molecule has 2 N–H and O–H groups in total. The van der Waals surface area contributed by atoms with Crippen LogP contribution in [0, 0.1) is 28.6 Å². The van der Waals surface area contributed by atoms with Crippen molar-refractivity contribution in [2.24, 2.45) is 5.41 Å². The highest BCUT2D eigenvalue weighted by Crippen LogP contribution is 2.53. The summed E-state index contributed by atoms with van der Waals surface area (Å²) in [6, 6.07) is 2.08. The van der Waals surface area contributed by atoms with Gasteiger partial charge >= 0.3 is 5.97 Å². The van der Waals surface area contributed by atoms with Gasteiger partial charge in [0.05, 0.1) is 11.5 Å². The van der Waals surface area contributed by atoms with E-state index in [0.717, 1.165) is 0 Å². The molecule has 0 amide bonds. The number of carbonyl (C=O) groups is 1. The number of hydrogen-bond donors (Lipinski definition) is 2. The van der Waals surface area contributed by atoms with Crippen molar-refractivity contribution < 1.29 is 15.0 Å². The van der Waals surface area contributed by atoms with Crippen molar-refractivity contribution in [1.29, 1.82) is 5.26 Å². The van der Waals surface area contributed by atoms with E-state index in [2.05, 4.69) is 17.9 Å². The molecule has 1 atom stereocenters. The Morgan fingerprint density at radius 1 is 1.41 bits per heavy atom. The summed E-state index contributed by atoms with van der Waals surface area (Å²) in [7, 11) is 0. The first-order chi connectivity index (χ1) is 7.76. The van der Waals surface area contributed by atoms with Crippen LogP contribution in [0.25, 0.3) is 0 Å². The lowest BCUT2D eigenvalue weighted by Crippen LogP contribution is -2.33. The Morgan fingerprint density at radius 2 is 1.94 bits per heavy atom. The molecule has 0 heterocycles. The van der Waals surface area contributed by atoms with Gasteiger partial charge in [0, 0.05) is 11.1 Å². The molecule has 0 unspecified atom stereocenters. The molecule has 90 valence electrons. The molecule has 1 fully saturated rings. The molecule has 0 spiro atoms. The fourth-order valence-electron chi connectivity index (χ4n) is 1.42. The number of carboxylic acid groups (broad SMARTS) is 1. The van der Waals surface area contributed by atoms with Crippen LogP contribution in [0.5, 0.6) is 0 Å². The summed E-state index contributed by atoms with van der Waals surface area (Å²) in [5, 5.41) is 27.8. The van der Waals surface area contributed by atoms with E-state index < -0.39 is 17.0 Å². The number of allylic oxidation sites excluding steroid dienone is 1. The molecule has 1 saturated carbocycles. The second-order valence-electron chi connectivity index (χ2n) is 4.57. The minimum atomic E-state index is -1.39. The van der Waals surface area contributed by atoms with Crippen molar-refractivity contribution in [3.05, 3.63) is 11.1 Å². The molecular weight excluding hydrogens is 218 g/mol. The van der Waals surface area contributed by atoms with Gasteiger partial charge in [0.2, 0.25) is 0 Å². The summed E-state index contributed by atoms with van der Waals surface area (Å²) < 4.78 is 0. The number of aliphatic carboxylic acids is 1. The highest BCUT2D eigenvalue weighted by atomic mass is 16.4. The van der Waals surface area contributed by atoms with Gasteiger partial charge in [-0.2, -0.15) is 5.26 Å². The average molecular weight is 233 g/mol. The lowest BCUT2D eigenvalue weighted by molar-refractivity contribution is -0.132. The van der Waals surface area contributed by atoms with Crippen LogP contribution in [0.2, 0.25) is 0 Å². The number of aliphatic hydroxyl groups is 1. The van der Waals surface area contributed by atoms with Crippen LogP contribution in [0.15, 0.2) is 11.1 Å². The molecule has 1 rings (SSSR count). The van der Waals surface area contributed by atoms with Gasteiger partial charge in [0.1, 0.15) is 5.60 Å². The zero-order chi connectivity index (χ0) is 13.3. The molecule has 0 bridgehead atoms. The normalized spacial score (nSPS) is 21.1. The first-order valence-corrected chi connectivity index (χ1v) is 5.33. The van der Waals surface area contributed by atoms with Crippen LogP contribution in [-0.2, 0) is 4.79 Å². The number of hydrogen-bond acceptors (Lipinski definition) is 3. The largest absolute Gasteiger partial charge is 0.478 e. The summed E-state index contributed by atoms with van der Waals surface area (Å²) in [6.07, 6.45) is 1.26. The Balaban J connectivity index is 2.98. The minimum absolute atomic E-state index is 0.148. The van der Waals surface area contributed by atoms with Crippen LogP contribution in [0.4, 0.5) is 0 Å². The highest BCUT2D eigenvalue weighted by molar-refractivity contribution is 5.87. The topological polar surface area (TPSA) is 81.3 Å². The number of rotatable bonds is 2. The fraction of sp³-hybridized carbons (Fsp3) is 0.538. The zero-order valence-electron chi connectivity index (χ0n) is 10.2. The Morgan fingerprint density at radius 3 is 2.29 bits per heavy atom. The van der Waals surface area contributed by atoms with Crippen molar-refractivity contribution in [3.8, 4) is 17.9 Å². The molecule has 4 heteroatoms. The van der Waals surface area contributed by atoms with E-state index in [0.29, 0.717) is 18.4 Å². The van der Waals surface area contributed by atoms with Crippen molar-refractivity contribution in [1.82, 2.24) is 0 Å². The summed E-state index contributed by atoms with van der Waals surface area (Å²) in [6.45, 7) is 4.54. The van der Waals surface area contributed by atoms with Gasteiger partial charge < -0.3 is 10.2 Å². The standard InChI is InChI=1S/C13H15NO3/c1-9(10(2)11(15)16)4-5-12(3,17)13(8-14)6-7-13/h17H,6-7H2,1-3H3,(H,15,16)/b10-9-/t12-/m0/s1. The molecule has 17 heavy (non-hydrogen) atoms. The Bertz CT molecular complexity index is 479. The summed E-state index contributed by atoms with van der Waals surface area (Å²) in [4.78, 5) is 10.7. The van der Waals surface area contributed by atoms with Crippen molar-refractivity contribution in [2.75, 3.05) is 0 Å². The molecule has 1 aliphatic carbocycles. The van der Waals surface area contributed by atoms with Gasteiger partial charge in [-0.25, -0.2) is 4.79 Å². The second kappa shape index (κ2) is 4.24. The lowest BCUT2D eigenvalue weighted by Gasteiger charge is -2.21. The SMILES string of the molecule is C/C(C#C[C@](C)(O)C1(C#N)CC1)=C(\C)C(=O)O. The van der Waals surface area contributed by atoms with E-state index in [1.165, 1.54) is 13.8 Å². The molecule has 0 aromatic heterocycles. The van der Waals surface area contributed by atoms with Crippen LogP contribution < -0.4 is 0 Å². The molecule has 4 nitrogen and oxygen atoms in total. The van der Waals surface area contributed by atoms with Crippen LogP contribution >= 0.6 is 0 Å². The van der Waals surface area contributed by atoms with E-state index >= 15 is 0 Å². The van der Waals surface area contributed by atoms with Gasteiger partial charge in [0.15, 0.2) is 0 Å². The van der Waals surface area contributed by atoms with Crippen molar-refractivity contribution in [2.45, 2.75) is 39.2 Å². The van der Waals surface area contributed by atoms with Gasteiger partial charge in [-0.1, -0.05) is 11.8 Å². The van der Waals surface area contributed by atoms with Crippen LogP contribution in [0.3, 0.4) is 0 Å². The van der Waals surface area contributed by atoms with E-state index in [4.69, 9.17) is 10.4 Å². The predicted molar refractivity (Wildman–Crippen MR) is 61.7 cm³/mol. The molecule has 0 radical (unpaired) electrons. The van der Waals surface area contributed by atoms with Crippen LogP contribution in [-0.4, -0.2) is 21.8 Å². The van der Waals surface area contributed by atoms with E-state index in [1.807, 2.05) is 0 Å². The summed E-state index contributed by atoms with van der Waals surface area (Å²) in [5.74, 6) is 4.21. The third-order valence-electron chi connectivity index (χ3n) is 3.27.